The monoisotopic (exact) mass is 518 g/mol. The molecule has 38 heavy (non-hydrogen) atoms. The van der Waals surface area contributed by atoms with Crippen LogP contribution in [0.4, 0.5) is 0 Å². The number of carbonyl (C=O) groups excluding carboxylic acids is 2. The van der Waals surface area contributed by atoms with Crippen LogP contribution in [0.15, 0.2) is 60.8 Å². The van der Waals surface area contributed by atoms with Crippen molar-refractivity contribution in [2.24, 2.45) is 5.92 Å². The summed E-state index contributed by atoms with van der Waals surface area (Å²) in [6, 6.07) is 15.8. The predicted octanol–water partition coefficient (Wildman–Crippen LogP) is 4.10. The number of esters is 1. The Labute approximate surface area is 222 Å². The number of benzene rings is 2. The van der Waals surface area contributed by atoms with Crippen molar-refractivity contribution in [1.82, 2.24) is 19.9 Å². The summed E-state index contributed by atoms with van der Waals surface area (Å²) in [6.07, 6.45) is 6.44. The van der Waals surface area contributed by atoms with Gasteiger partial charge in [-0.15, -0.1) is 5.10 Å². The average Bonchev–Trinajstić information content (AvgIpc) is 3.45. The Hall–Kier alpha value is -3.72. The lowest BCUT2D eigenvalue weighted by Crippen LogP contribution is -2.50. The molecule has 1 N–H and O–H groups in total. The van der Waals surface area contributed by atoms with Gasteiger partial charge in [0, 0.05) is 18.9 Å². The maximum Gasteiger partial charge on any atom is 0.338 e. The lowest BCUT2D eigenvalue weighted by molar-refractivity contribution is -0.144. The second-order valence-corrected chi connectivity index (χ2v) is 10.1. The predicted molar refractivity (Wildman–Crippen MR) is 139 cm³/mol. The first kappa shape index (κ1) is 25.9. The van der Waals surface area contributed by atoms with Crippen molar-refractivity contribution >= 4 is 11.9 Å². The molecular formula is C29H34N4O5. The van der Waals surface area contributed by atoms with Crippen LogP contribution in [0.3, 0.4) is 0 Å². The lowest BCUT2D eigenvalue weighted by Gasteiger charge is -2.44. The second-order valence-electron chi connectivity index (χ2n) is 10.1. The van der Waals surface area contributed by atoms with Gasteiger partial charge in [0.05, 0.1) is 37.1 Å². The number of likely N-dealkylation sites (tertiary alicyclic amines) is 1. The lowest BCUT2D eigenvalue weighted by atomic mass is 9.85. The molecule has 2 fully saturated rings. The van der Waals surface area contributed by atoms with E-state index in [4.69, 9.17) is 9.47 Å². The highest BCUT2D eigenvalue weighted by atomic mass is 16.5. The fourth-order valence-electron chi connectivity index (χ4n) is 5.53. The summed E-state index contributed by atoms with van der Waals surface area (Å²) in [5.74, 6) is 0.448. The van der Waals surface area contributed by atoms with E-state index >= 15 is 0 Å². The SMILES string of the molecule is COc1ccc([C@H]2C[C@@H](O)[C@H](n3cc(COC(=O)c4ccccc4)nn3)CN2C(=O)C2CCCCC2)cc1. The minimum absolute atomic E-state index is 0.00379. The zero-order valence-corrected chi connectivity index (χ0v) is 21.6. The largest absolute Gasteiger partial charge is 0.497 e. The summed E-state index contributed by atoms with van der Waals surface area (Å²) in [5.41, 5.74) is 1.91. The van der Waals surface area contributed by atoms with Gasteiger partial charge in [-0.2, -0.15) is 0 Å². The quantitative estimate of drug-likeness (QED) is 0.469. The van der Waals surface area contributed by atoms with Gasteiger partial charge in [-0.25, -0.2) is 9.48 Å². The third-order valence-electron chi connectivity index (χ3n) is 7.67. The fourth-order valence-corrected chi connectivity index (χ4v) is 5.53. The molecule has 1 aliphatic heterocycles. The van der Waals surface area contributed by atoms with Crippen molar-refractivity contribution in [1.29, 1.82) is 0 Å². The van der Waals surface area contributed by atoms with Crippen molar-refractivity contribution < 1.29 is 24.2 Å². The van der Waals surface area contributed by atoms with Gasteiger partial charge in [-0.1, -0.05) is 54.8 Å². The Kier molecular flexibility index (Phi) is 8.03. The number of ether oxygens (including phenoxy) is 2. The fraction of sp³-hybridized carbons (Fsp3) is 0.448. The molecule has 200 valence electrons. The summed E-state index contributed by atoms with van der Waals surface area (Å²) < 4.78 is 12.3. The normalized spacial score (nSPS) is 22.2. The molecule has 1 saturated carbocycles. The van der Waals surface area contributed by atoms with Crippen LogP contribution in [0, 0.1) is 5.92 Å². The van der Waals surface area contributed by atoms with Crippen LogP contribution >= 0.6 is 0 Å². The number of hydrogen-bond acceptors (Lipinski definition) is 7. The van der Waals surface area contributed by atoms with Gasteiger partial charge >= 0.3 is 5.97 Å². The number of nitrogens with zero attached hydrogens (tertiary/aromatic N) is 4. The molecule has 1 saturated heterocycles. The molecule has 0 unspecified atom stereocenters. The van der Waals surface area contributed by atoms with Crippen LogP contribution in [0.25, 0.3) is 0 Å². The summed E-state index contributed by atoms with van der Waals surface area (Å²) in [6.45, 7) is 0.287. The van der Waals surface area contributed by atoms with E-state index < -0.39 is 18.1 Å². The number of aliphatic hydroxyl groups is 1. The van der Waals surface area contributed by atoms with Gasteiger partial charge in [-0.3, -0.25) is 4.79 Å². The molecule has 3 atom stereocenters. The standard InChI is InChI=1S/C29H34N4O5/c1-37-24-14-12-20(13-15-24)25-16-27(34)26(18-32(25)28(35)21-8-4-2-5-9-21)33-17-23(30-31-33)19-38-29(36)22-10-6-3-7-11-22/h3,6-7,10-15,17,21,25-27,34H,2,4-5,8-9,16,18-19H2,1H3/t25-,26-,27-/m1/s1. The van der Waals surface area contributed by atoms with E-state index in [0.29, 0.717) is 24.2 Å². The number of aromatic nitrogens is 3. The van der Waals surface area contributed by atoms with Gasteiger partial charge in [0.15, 0.2) is 0 Å². The zero-order valence-electron chi connectivity index (χ0n) is 21.6. The molecule has 0 radical (unpaired) electrons. The topological polar surface area (TPSA) is 107 Å². The van der Waals surface area contributed by atoms with Crippen LogP contribution in [0.5, 0.6) is 5.75 Å². The molecule has 1 aromatic heterocycles. The first-order chi connectivity index (χ1) is 18.5. The molecule has 3 aromatic rings. The Bertz CT molecular complexity index is 1220. The van der Waals surface area contributed by atoms with Gasteiger partial charge in [-0.05, 0) is 42.7 Å². The van der Waals surface area contributed by atoms with Crippen molar-refractivity contribution in [2.45, 2.75) is 63.3 Å². The number of piperidine rings is 1. The molecule has 0 bridgehead atoms. The van der Waals surface area contributed by atoms with E-state index in [0.717, 1.165) is 37.0 Å². The average molecular weight is 519 g/mol. The highest BCUT2D eigenvalue weighted by Crippen LogP contribution is 2.38. The van der Waals surface area contributed by atoms with Crippen LogP contribution in [-0.4, -0.2) is 56.6 Å². The molecule has 2 aromatic carbocycles. The number of carbonyl (C=O) groups is 2. The van der Waals surface area contributed by atoms with Crippen molar-refractivity contribution in [3.63, 3.8) is 0 Å². The molecule has 1 aliphatic carbocycles. The number of methoxy groups -OCH3 is 1. The molecular weight excluding hydrogens is 484 g/mol. The molecule has 9 nitrogen and oxygen atoms in total. The summed E-state index contributed by atoms with van der Waals surface area (Å²) in [5, 5.41) is 19.6. The summed E-state index contributed by atoms with van der Waals surface area (Å²) >= 11 is 0. The Balaban J connectivity index is 1.33. The van der Waals surface area contributed by atoms with E-state index in [1.807, 2.05) is 35.2 Å². The van der Waals surface area contributed by atoms with Crippen LogP contribution < -0.4 is 4.74 Å². The molecule has 1 amide bonds. The van der Waals surface area contributed by atoms with Gasteiger partial charge < -0.3 is 19.5 Å². The number of aliphatic hydroxyl groups excluding tert-OH is 1. The number of rotatable bonds is 7. The highest BCUT2D eigenvalue weighted by molar-refractivity contribution is 5.89. The number of hydrogen-bond donors (Lipinski definition) is 1. The third-order valence-corrected chi connectivity index (χ3v) is 7.67. The van der Waals surface area contributed by atoms with Crippen molar-refractivity contribution in [3.05, 3.63) is 77.6 Å². The number of amides is 1. The highest BCUT2D eigenvalue weighted by Gasteiger charge is 2.41. The summed E-state index contributed by atoms with van der Waals surface area (Å²) in [4.78, 5) is 28.0. The molecule has 2 aliphatic rings. The van der Waals surface area contributed by atoms with E-state index in [1.54, 1.807) is 42.3 Å². The maximum absolute atomic E-state index is 13.8. The zero-order chi connectivity index (χ0) is 26.5. The molecule has 5 rings (SSSR count). The van der Waals surface area contributed by atoms with Crippen molar-refractivity contribution in [2.75, 3.05) is 13.7 Å². The van der Waals surface area contributed by atoms with Crippen molar-refractivity contribution in [3.8, 4) is 5.75 Å². The first-order valence-electron chi connectivity index (χ1n) is 13.3. The molecule has 2 heterocycles. The van der Waals surface area contributed by atoms with Gasteiger partial charge in [0.2, 0.25) is 5.91 Å². The first-order valence-corrected chi connectivity index (χ1v) is 13.3. The Morgan fingerprint density at radius 1 is 1.03 bits per heavy atom. The molecule has 0 spiro atoms. The Morgan fingerprint density at radius 3 is 2.47 bits per heavy atom. The minimum atomic E-state index is -0.737. The van der Waals surface area contributed by atoms with E-state index in [9.17, 15) is 14.7 Å². The third kappa shape index (κ3) is 5.72. The van der Waals surface area contributed by atoms with Crippen LogP contribution in [0.1, 0.15) is 72.2 Å². The smallest absolute Gasteiger partial charge is 0.338 e. The maximum atomic E-state index is 13.8. The van der Waals surface area contributed by atoms with E-state index in [-0.39, 0.29) is 24.5 Å². The van der Waals surface area contributed by atoms with E-state index in [1.165, 1.54) is 6.42 Å². The van der Waals surface area contributed by atoms with Crippen LogP contribution in [0.2, 0.25) is 0 Å². The van der Waals surface area contributed by atoms with Gasteiger partial charge in [0.25, 0.3) is 0 Å². The van der Waals surface area contributed by atoms with Gasteiger partial charge in [0.1, 0.15) is 18.1 Å². The Morgan fingerprint density at radius 2 is 1.76 bits per heavy atom. The summed E-state index contributed by atoms with van der Waals surface area (Å²) in [7, 11) is 1.62. The molecule has 9 heteroatoms. The van der Waals surface area contributed by atoms with E-state index in [2.05, 4.69) is 10.3 Å². The minimum Gasteiger partial charge on any atom is -0.497 e. The van der Waals surface area contributed by atoms with Crippen LogP contribution in [-0.2, 0) is 16.1 Å². The second kappa shape index (κ2) is 11.8.